The van der Waals surface area contributed by atoms with E-state index in [1.807, 2.05) is 50.4 Å². The number of carbonyl (C=O) groups is 1. The van der Waals surface area contributed by atoms with E-state index in [2.05, 4.69) is 4.98 Å². The lowest BCUT2D eigenvalue weighted by Crippen LogP contribution is -2.30. The van der Waals surface area contributed by atoms with Crippen LogP contribution in [0, 0.1) is 0 Å². The molecule has 1 amide bonds. The number of rotatable bonds is 5. The molecule has 5 nitrogen and oxygen atoms in total. The van der Waals surface area contributed by atoms with Gasteiger partial charge < -0.3 is 9.32 Å². The normalized spacial score (nSPS) is 10.7. The van der Waals surface area contributed by atoms with E-state index < -0.39 is 0 Å². The highest BCUT2D eigenvalue weighted by molar-refractivity contribution is 5.91. The first-order valence-corrected chi connectivity index (χ1v) is 7.71. The van der Waals surface area contributed by atoms with Gasteiger partial charge in [-0.3, -0.25) is 9.36 Å². The number of carbonyl (C=O) groups excluding carboxylic acids is 1. The maximum Gasteiger partial charge on any atom is 0.289 e. The Morgan fingerprint density at radius 1 is 1.13 bits per heavy atom. The highest BCUT2D eigenvalue weighted by Crippen LogP contribution is 2.20. The van der Waals surface area contributed by atoms with Gasteiger partial charge in [-0.15, -0.1) is 0 Å². The highest BCUT2D eigenvalue weighted by Gasteiger charge is 2.17. The summed E-state index contributed by atoms with van der Waals surface area (Å²) in [5.41, 5.74) is 1.90. The lowest BCUT2D eigenvalue weighted by Gasteiger charge is -2.16. The van der Waals surface area contributed by atoms with Gasteiger partial charge in [0.15, 0.2) is 5.76 Å². The lowest BCUT2D eigenvalue weighted by atomic mass is 10.2. The van der Waals surface area contributed by atoms with Gasteiger partial charge in [0.2, 0.25) is 5.88 Å². The molecule has 0 spiro atoms. The van der Waals surface area contributed by atoms with Crippen LogP contribution < -0.4 is 0 Å². The van der Waals surface area contributed by atoms with Crippen molar-refractivity contribution >= 4 is 5.91 Å². The van der Waals surface area contributed by atoms with E-state index in [9.17, 15) is 4.79 Å². The molecule has 0 radical (unpaired) electrons. The summed E-state index contributed by atoms with van der Waals surface area (Å²) in [5, 5.41) is 0. The summed E-state index contributed by atoms with van der Waals surface area (Å²) in [6.45, 7) is 5.23. The number of benzene rings is 1. The summed E-state index contributed by atoms with van der Waals surface area (Å²) in [4.78, 5) is 18.4. The van der Waals surface area contributed by atoms with Crippen molar-refractivity contribution in [2.75, 3.05) is 13.1 Å². The van der Waals surface area contributed by atoms with Crippen LogP contribution in [0.1, 0.15) is 24.4 Å². The minimum atomic E-state index is -0.0929. The molecule has 2 aromatic heterocycles. The lowest BCUT2D eigenvalue weighted by molar-refractivity contribution is 0.0741. The van der Waals surface area contributed by atoms with Crippen LogP contribution in [0.4, 0.5) is 0 Å². The highest BCUT2D eigenvalue weighted by atomic mass is 16.4. The first-order valence-electron chi connectivity index (χ1n) is 7.71. The molecule has 0 aliphatic carbocycles. The fraction of sp³-hybridized carbons (Fsp3) is 0.222. The zero-order valence-corrected chi connectivity index (χ0v) is 13.3. The molecule has 0 bridgehead atoms. The van der Waals surface area contributed by atoms with E-state index in [4.69, 9.17) is 4.42 Å². The van der Waals surface area contributed by atoms with Gasteiger partial charge in [-0.2, -0.15) is 0 Å². The zero-order chi connectivity index (χ0) is 16.2. The van der Waals surface area contributed by atoms with Crippen LogP contribution in [-0.2, 0) is 0 Å². The van der Waals surface area contributed by atoms with Crippen molar-refractivity contribution in [3.8, 4) is 17.1 Å². The predicted octanol–water partition coefficient (Wildman–Crippen LogP) is 3.61. The molecule has 0 aliphatic rings. The maximum atomic E-state index is 12.3. The Morgan fingerprint density at radius 2 is 1.87 bits per heavy atom. The van der Waals surface area contributed by atoms with Gasteiger partial charge in [-0.05, 0) is 19.9 Å². The van der Waals surface area contributed by atoms with E-state index in [1.165, 1.54) is 0 Å². The van der Waals surface area contributed by atoms with E-state index >= 15 is 0 Å². The Hall–Kier alpha value is -2.82. The molecule has 0 unspecified atom stereocenters. The molecule has 1 aromatic carbocycles. The summed E-state index contributed by atoms with van der Waals surface area (Å²) >= 11 is 0. The van der Waals surface area contributed by atoms with Crippen molar-refractivity contribution in [3.05, 3.63) is 60.7 Å². The van der Waals surface area contributed by atoms with E-state index in [0.29, 0.717) is 24.7 Å². The smallest absolute Gasteiger partial charge is 0.289 e. The molecule has 0 N–H and O–H groups in total. The van der Waals surface area contributed by atoms with Crippen molar-refractivity contribution in [3.63, 3.8) is 0 Å². The third kappa shape index (κ3) is 3.04. The quantitative estimate of drug-likeness (QED) is 0.723. The van der Waals surface area contributed by atoms with E-state index in [-0.39, 0.29) is 5.91 Å². The number of furan rings is 1. The van der Waals surface area contributed by atoms with Gasteiger partial charge in [0, 0.05) is 30.9 Å². The van der Waals surface area contributed by atoms with Crippen molar-refractivity contribution < 1.29 is 9.21 Å². The van der Waals surface area contributed by atoms with Crippen LogP contribution in [0.3, 0.4) is 0 Å². The Morgan fingerprint density at radius 3 is 2.57 bits per heavy atom. The Bertz CT molecular complexity index is 785. The molecule has 3 rings (SSSR count). The third-order valence-electron chi connectivity index (χ3n) is 3.76. The summed E-state index contributed by atoms with van der Waals surface area (Å²) in [7, 11) is 0. The maximum absolute atomic E-state index is 12.3. The van der Waals surface area contributed by atoms with Crippen LogP contribution in [0.2, 0.25) is 0 Å². The third-order valence-corrected chi connectivity index (χ3v) is 3.76. The number of hydrogen-bond acceptors (Lipinski definition) is 3. The van der Waals surface area contributed by atoms with Crippen LogP contribution in [-0.4, -0.2) is 33.4 Å². The predicted molar refractivity (Wildman–Crippen MR) is 88.5 cm³/mol. The van der Waals surface area contributed by atoms with Gasteiger partial charge >= 0.3 is 0 Å². The van der Waals surface area contributed by atoms with Gasteiger partial charge in [-0.1, -0.05) is 30.3 Å². The summed E-state index contributed by atoms with van der Waals surface area (Å²) in [5.74, 6) is 0.832. The van der Waals surface area contributed by atoms with Crippen molar-refractivity contribution in [1.29, 1.82) is 0 Å². The molecule has 118 valence electrons. The largest absolute Gasteiger partial charge is 0.435 e. The SMILES string of the molecule is CCN(CC)C(=O)c1ccc(-n2cnc(-c3ccccc3)c2)o1. The number of hydrogen-bond donors (Lipinski definition) is 0. The number of aromatic nitrogens is 2. The van der Waals surface area contributed by atoms with Crippen molar-refractivity contribution in [2.45, 2.75) is 13.8 Å². The monoisotopic (exact) mass is 309 g/mol. The minimum absolute atomic E-state index is 0.0929. The van der Waals surface area contributed by atoms with E-state index in [0.717, 1.165) is 11.3 Å². The summed E-state index contributed by atoms with van der Waals surface area (Å²) in [6.07, 6.45) is 3.58. The molecular weight excluding hydrogens is 290 g/mol. The molecule has 23 heavy (non-hydrogen) atoms. The number of imidazole rings is 1. The number of nitrogens with zero attached hydrogens (tertiary/aromatic N) is 3. The second kappa shape index (κ2) is 6.52. The fourth-order valence-corrected chi connectivity index (χ4v) is 2.45. The topological polar surface area (TPSA) is 51.3 Å². The van der Waals surface area contributed by atoms with Crippen molar-refractivity contribution in [2.24, 2.45) is 0 Å². The van der Waals surface area contributed by atoms with Gasteiger partial charge in [0.25, 0.3) is 5.91 Å². The molecule has 5 heteroatoms. The molecular formula is C18H19N3O2. The minimum Gasteiger partial charge on any atom is -0.435 e. The second-order valence-corrected chi connectivity index (χ2v) is 5.15. The summed E-state index contributed by atoms with van der Waals surface area (Å²) < 4.78 is 7.48. The van der Waals surface area contributed by atoms with Gasteiger partial charge in [0.05, 0.1) is 5.69 Å². The average Bonchev–Trinajstić information content (AvgIpc) is 3.26. The Kier molecular flexibility index (Phi) is 4.28. The fourth-order valence-electron chi connectivity index (χ4n) is 2.45. The molecule has 2 heterocycles. The van der Waals surface area contributed by atoms with Crippen LogP contribution in [0.5, 0.6) is 0 Å². The molecule has 0 aliphatic heterocycles. The Balaban J connectivity index is 1.84. The molecule has 0 fully saturated rings. The Labute approximate surface area is 135 Å². The van der Waals surface area contributed by atoms with Gasteiger partial charge in [-0.25, -0.2) is 4.98 Å². The molecule has 0 atom stereocenters. The zero-order valence-electron chi connectivity index (χ0n) is 13.3. The first kappa shape index (κ1) is 15.1. The standard InChI is InChI=1S/C18H19N3O2/c1-3-20(4-2)18(22)16-10-11-17(23-16)21-12-15(19-13-21)14-8-6-5-7-9-14/h5-13H,3-4H2,1-2H3. The summed E-state index contributed by atoms with van der Waals surface area (Å²) in [6, 6.07) is 13.4. The van der Waals surface area contributed by atoms with Crippen molar-refractivity contribution in [1.82, 2.24) is 14.5 Å². The van der Waals surface area contributed by atoms with E-state index in [1.54, 1.807) is 27.9 Å². The molecule has 3 aromatic rings. The average molecular weight is 309 g/mol. The molecule has 0 saturated carbocycles. The van der Waals surface area contributed by atoms with Crippen LogP contribution in [0.15, 0.2) is 59.4 Å². The van der Waals surface area contributed by atoms with Crippen LogP contribution >= 0.6 is 0 Å². The van der Waals surface area contributed by atoms with Crippen LogP contribution in [0.25, 0.3) is 17.1 Å². The number of amides is 1. The first-order chi connectivity index (χ1) is 11.2. The second-order valence-electron chi connectivity index (χ2n) is 5.15. The molecule has 0 saturated heterocycles. The van der Waals surface area contributed by atoms with Gasteiger partial charge in [0.1, 0.15) is 6.33 Å².